The van der Waals surface area contributed by atoms with Crippen LogP contribution in [0.4, 0.5) is 0 Å². The van der Waals surface area contributed by atoms with Crippen LogP contribution in [0.2, 0.25) is 0 Å². The van der Waals surface area contributed by atoms with E-state index in [4.69, 9.17) is 0 Å². The lowest BCUT2D eigenvalue weighted by atomic mass is 9.99. The van der Waals surface area contributed by atoms with Gasteiger partial charge in [0.05, 0.1) is 0 Å². The average Bonchev–Trinajstić information content (AvgIpc) is 2.36. The van der Waals surface area contributed by atoms with E-state index < -0.39 is 0 Å². The maximum atomic E-state index is 4.27. The summed E-state index contributed by atoms with van der Waals surface area (Å²) in [6, 6.07) is 2.21. The Morgan fingerprint density at radius 1 is 0.824 bits per heavy atom. The first-order chi connectivity index (χ1) is 8.38. The molecule has 96 valence electrons. The molecular formula is C16H27N. The second kappa shape index (κ2) is 9.21. The molecule has 1 aromatic rings. The predicted molar refractivity (Wildman–Crippen MR) is 75.3 cm³/mol. The number of rotatable bonds is 9. The Morgan fingerprint density at radius 3 is 2.24 bits per heavy atom. The first-order valence-electron chi connectivity index (χ1n) is 7.30. The highest BCUT2D eigenvalue weighted by molar-refractivity contribution is 5.23. The van der Waals surface area contributed by atoms with Crippen LogP contribution in [-0.2, 0) is 12.8 Å². The minimum Gasteiger partial charge on any atom is -0.264 e. The fourth-order valence-corrected chi connectivity index (χ4v) is 2.23. The van der Waals surface area contributed by atoms with Crippen LogP contribution in [-0.4, -0.2) is 4.98 Å². The third-order valence-electron chi connectivity index (χ3n) is 3.35. The molecule has 0 saturated heterocycles. The third kappa shape index (κ3) is 5.86. The smallest absolute Gasteiger partial charge is 0.0302 e. The van der Waals surface area contributed by atoms with Crippen molar-refractivity contribution in [2.45, 2.75) is 71.6 Å². The van der Waals surface area contributed by atoms with Gasteiger partial charge in [0.25, 0.3) is 0 Å². The molecule has 0 saturated carbocycles. The highest BCUT2D eigenvalue weighted by atomic mass is 14.6. The van der Waals surface area contributed by atoms with E-state index >= 15 is 0 Å². The molecule has 0 aliphatic rings. The molecule has 0 fully saturated rings. The Balaban J connectivity index is 2.40. The van der Waals surface area contributed by atoms with E-state index in [1.165, 1.54) is 68.9 Å². The van der Waals surface area contributed by atoms with Gasteiger partial charge in [-0.3, -0.25) is 4.98 Å². The molecule has 1 heterocycles. The van der Waals surface area contributed by atoms with Crippen LogP contribution in [0.3, 0.4) is 0 Å². The zero-order valence-electron chi connectivity index (χ0n) is 11.5. The van der Waals surface area contributed by atoms with Crippen LogP contribution in [0.5, 0.6) is 0 Å². The second-order valence-corrected chi connectivity index (χ2v) is 4.91. The van der Waals surface area contributed by atoms with E-state index in [1.807, 2.05) is 6.20 Å². The van der Waals surface area contributed by atoms with Gasteiger partial charge in [-0.05, 0) is 42.9 Å². The first-order valence-corrected chi connectivity index (χ1v) is 7.30. The summed E-state index contributed by atoms with van der Waals surface area (Å²) in [5, 5.41) is 0. The Bertz CT molecular complexity index is 293. The molecule has 0 aromatic carbocycles. The molecule has 1 nitrogen and oxygen atoms in total. The van der Waals surface area contributed by atoms with Crippen molar-refractivity contribution in [1.82, 2.24) is 4.98 Å². The van der Waals surface area contributed by atoms with Crippen molar-refractivity contribution < 1.29 is 0 Å². The van der Waals surface area contributed by atoms with Crippen molar-refractivity contribution in [1.29, 1.82) is 0 Å². The van der Waals surface area contributed by atoms with Crippen molar-refractivity contribution in [3.05, 3.63) is 29.6 Å². The summed E-state index contributed by atoms with van der Waals surface area (Å²) in [5.41, 5.74) is 3.02. The molecule has 1 aromatic heterocycles. The van der Waals surface area contributed by atoms with Crippen molar-refractivity contribution in [2.24, 2.45) is 0 Å². The number of aromatic nitrogens is 1. The molecular weight excluding hydrogens is 206 g/mol. The van der Waals surface area contributed by atoms with Crippen LogP contribution in [0.1, 0.15) is 69.9 Å². The Kier molecular flexibility index (Phi) is 7.70. The monoisotopic (exact) mass is 233 g/mol. The fraction of sp³-hybridized carbons (Fsp3) is 0.688. The molecule has 0 radical (unpaired) electrons. The van der Waals surface area contributed by atoms with Gasteiger partial charge in [-0.15, -0.1) is 0 Å². The largest absolute Gasteiger partial charge is 0.264 e. The van der Waals surface area contributed by atoms with Gasteiger partial charge in [0.1, 0.15) is 0 Å². The first kappa shape index (κ1) is 14.2. The van der Waals surface area contributed by atoms with Crippen molar-refractivity contribution in [3.63, 3.8) is 0 Å². The summed E-state index contributed by atoms with van der Waals surface area (Å²) in [6.07, 6.45) is 15.8. The summed E-state index contributed by atoms with van der Waals surface area (Å²) >= 11 is 0. The molecule has 1 rings (SSSR count). The van der Waals surface area contributed by atoms with Gasteiger partial charge in [-0.25, -0.2) is 0 Å². The molecule has 0 N–H and O–H groups in total. The maximum Gasteiger partial charge on any atom is 0.0302 e. The topological polar surface area (TPSA) is 12.9 Å². The van der Waals surface area contributed by atoms with Crippen LogP contribution in [0, 0.1) is 0 Å². The second-order valence-electron chi connectivity index (χ2n) is 4.91. The standard InChI is InChI=1S/C16H27N/c1-3-5-7-9-11-16-14-17-13-12-15(16)10-8-6-4-2/h12-14H,3-11H2,1-2H3. The molecule has 1 heteroatoms. The molecule has 0 bridgehead atoms. The normalized spacial score (nSPS) is 10.7. The van der Waals surface area contributed by atoms with Gasteiger partial charge < -0.3 is 0 Å². The molecule has 0 atom stereocenters. The number of unbranched alkanes of at least 4 members (excludes halogenated alkanes) is 5. The SMILES string of the molecule is CCCCCCc1cnccc1CCCCC. The average molecular weight is 233 g/mol. The quantitative estimate of drug-likeness (QED) is 0.551. The molecule has 0 unspecified atom stereocenters. The summed E-state index contributed by atoms with van der Waals surface area (Å²) in [6.45, 7) is 4.53. The highest BCUT2D eigenvalue weighted by Gasteiger charge is 2.02. The number of hydrogen-bond acceptors (Lipinski definition) is 1. The Hall–Kier alpha value is -0.850. The van der Waals surface area contributed by atoms with Gasteiger partial charge in [-0.1, -0.05) is 46.0 Å². The van der Waals surface area contributed by atoms with Gasteiger partial charge in [-0.2, -0.15) is 0 Å². The van der Waals surface area contributed by atoms with Crippen molar-refractivity contribution in [3.8, 4) is 0 Å². The van der Waals surface area contributed by atoms with Crippen LogP contribution >= 0.6 is 0 Å². The minimum absolute atomic E-state index is 1.22. The Morgan fingerprint density at radius 2 is 1.47 bits per heavy atom. The number of aryl methyl sites for hydroxylation is 2. The predicted octanol–water partition coefficient (Wildman–Crippen LogP) is 4.94. The number of hydrogen-bond donors (Lipinski definition) is 0. The van der Waals surface area contributed by atoms with Gasteiger partial charge in [0.15, 0.2) is 0 Å². The van der Waals surface area contributed by atoms with E-state index in [0.29, 0.717) is 0 Å². The van der Waals surface area contributed by atoms with Crippen LogP contribution in [0.15, 0.2) is 18.5 Å². The lowest BCUT2D eigenvalue weighted by molar-refractivity contribution is 0.659. The van der Waals surface area contributed by atoms with E-state index in [9.17, 15) is 0 Å². The van der Waals surface area contributed by atoms with Gasteiger partial charge in [0, 0.05) is 12.4 Å². The zero-order chi connectivity index (χ0) is 12.3. The van der Waals surface area contributed by atoms with E-state index in [2.05, 4.69) is 31.1 Å². The molecule has 17 heavy (non-hydrogen) atoms. The lowest BCUT2D eigenvalue weighted by Gasteiger charge is -2.08. The third-order valence-corrected chi connectivity index (χ3v) is 3.35. The maximum absolute atomic E-state index is 4.27. The molecule has 0 amide bonds. The van der Waals surface area contributed by atoms with Crippen LogP contribution < -0.4 is 0 Å². The Labute approximate surface area is 107 Å². The highest BCUT2D eigenvalue weighted by Crippen LogP contribution is 2.15. The number of nitrogens with zero attached hydrogens (tertiary/aromatic N) is 1. The van der Waals surface area contributed by atoms with Crippen molar-refractivity contribution >= 4 is 0 Å². The summed E-state index contributed by atoms with van der Waals surface area (Å²) < 4.78 is 0. The zero-order valence-corrected chi connectivity index (χ0v) is 11.5. The lowest BCUT2D eigenvalue weighted by Crippen LogP contribution is -1.96. The van der Waals surface area contributed by atoms with E-state index in [-0.39, 0.29) is 0 Å². The van der Waals surface area contributed by atoms with Gasteiger partial charge in [0.2, 0.25) is 0 Å². The fourth-order valence-electron chi connectivity index (χ4n) is 2.23. The van der Waals surface area contributed by atoms with Crippen LogP contribution in [0.25, 0.3) is 0 Å². The van der Waals surface area contributed by atoms with Crippen molar-refractivity contribution in [2.75, 3.05) is 0 Å². The summed E-state index contributed by atoms with van der Waals surface area (Å²) in [4.78, 5) is 4.27. The van der Waals surface area contributed by atoms with Gasteiger partial charge >= 0.3 is 0 Å². The molecule has 0 spiro atoms. The number of pyridine rings is 1. The van der Waals surface area contributed by atoms with E-state index in [1.54, 1.807) is 0 Å². The minimum atomic E-state index is 1.22. The molecule has 0 aliphatic heterocycles. The van der Waals surface area contributed by atoms with E-state index in [0.717, 1.165) is 0 Å². The summed E-state index contributed by atoms with van der Waals surface area (Å²) in [5.74, 6) is 0. The molecule has 0 aliphatic carbocycles. The summed E-state index contributed by atoms with van der Waals surface area (Å²) in [7, 11) is 0.